The van der Waals surface area contributed by atoms with Gasteiger partial charge in [0.2, 0.25) is 0 Å². The number of amides is 1. The number of halogens is 1. The SMILES string of the molecule is CC(CNC(=O)c1cc(Cl)cc2cccnc12)N1CCN(C)CC1. The van der Waals surface area contributed by atoms with Crippen LogP contribution in [0.5, 0.6) is 0 Å². The molecule has 1 N–H and O–H groups in total. The molecule has 1 aromatic carbocycles. The Labute approximate surface area is 147 Å². The van der Waals surface area contributed by atoms with Crippen LogP contribution in [0.15, 0.2) is 30.5 Å². The summed E-state index contributed by atoms with van der Waals surface area (Å²) >= 11 is 6.15. The van der Waals surface area contributed by atoms with Crippen molar-refractivity contribution in [3.63, 3.8) is 0 Å². The normalized spacial score (nSPS) is 17.8. The van der Waals surface area contributed by atoms with Crippen LogP contribution < -0.4 is 5.32 Å². The minimum Gasteiger partial charge on any atom is -0.350 e. The van der Waals surface area contributed by atoms with Gasteiger partial charge >= 0.3 is 0 Å². The van der Waals surface area contributed by atoms with Gasteiger partial charge in [-0.1, -0.05) is 17.7 Å². The third-order valence-corrected chi connectivity index (χ3v) is 4.85. The van der Waals surface area contributed by atoms with E-state index in [1.165, 1.54) is 0 Å². The van der Waals surface area contributed by atoms with Gasteiger partial charge in [0, 0.05) is 55.4 Å². The van der Waals surface area contributed by atoms with E-state index in [0.29, 0.717) is 28.7 Å². The maximum absolute atomic E-state index is 12.6. The number of pyridine rings is 1. The fourth-order valence-corrected chi connectivity index (χ4v) is 3.28. The average molecular weight is 347 g/mol. The Morgan fingerprint density at radius 2 is 2.08 bits per heavy atom. The Morgan fingerprint density at radius 3 is 2.83 bits per heavy atom. The number of carbonyl (C=O) groups is 1. The number of benzene rings is 1. The van der Waals surface area contributed by atoms with Gasteiger partial charge in [0.05, 0.1) is 11.1 Å². The van der Waals surface area contributed by atoms with Crippen molar-refractivity contribution < 1.29 is 4.79 Å². The minimum atomic E-state index is -0.123. The van der Waals surface area contributed by atoms with Crippen molar-refractivity contribution in [2.24, 2.45) is 0 Å². The summed E-state index contributed by atoms with van der Waals surface area (Å²) in [7, 11) is 2.14. The summed E-state index contributed by atoms with van der Waals surface area (Å²) in [5.41, 5.74) is 1.22. The average Bonchev–Trinajstić information content (AvgIpc) is 2.59. The highest BCUT2D eigenvalue weighted by Crippen LogP contribution is 2.22. The third kappa shape index (κ3) is 3.86. The lowest BCUT2D eigenvalue weighted by Gasteiger charge is -2.36. The molecule has 0 spiro atoms. The molecule has 1 aliphatic heterocycles. The van der Waals surface area contributed by atoms with Crippen LogP contribution in [0.4, 0.5) is 0 Å². The maximum atomic E-state index is 12.6. The summed E-state index contributed by atoms with van der Waals surface area (Å²) in [6, 6.07) is 7.58. The summed E-state index contributed by atoms with van der Waals surface area (Å²) < 4.78 is 0. The zero-order chi connectivity index (χ0) is 17.1. The molecular formula is C18H23ClN4O. The summed E-state index contributed by atoms with van der Waals surface area (Å²) in [5, 5.41) is 4.46. The minimum absolute atomic E-state index is 0.123. The predicted molar refractivity (Wildman–Crippen MR) is 97.6 cm³/mol. The summed E-state index contributed by atoms with van der Waals surface area (Å²) in [4.78, 5) is 21.7. The smallest absolute Gasteiger partial charge is 0.253 e. The molecule has 2 heterocycles. The first-order valence-corrected chi connectivity index (χ1v) is 8.67. The molecule has 1 atom stereocenters. The molecule has 0 saturated carbocycles. The van der Waals surface area contributed by atoms with Crippen molar-refractivity contribution in [2.45, 2.75) is 13.0 Å². The van der Waals surface area contributed by atoms with Gasteiger partial charge in [-0.3, -0.25) is 14.7 Å². The summed E-state index contributed by atoms with van der Waals surface area (Å²) in [6.45, 7) is 6.98. The van der Waals surface area contributed by atoms with E-state index in [1.54, 1.807) is 12.3 Å². The molecule has 1 amide bonds. The molecular weight excluding hydrogens is 324 g/mol. The van der Waals surface area contributed by atoms with Gasteiger partial charge in [-0.25, -0.2) is 0 Å². The van der Waals surface area contributed by atoms with Crippen LogP contribution in [-0.4, -0.2) is 66.5 Å². The van der Waals surface area contributed by atoms with Crippen molar-refractivity contribution >= 4 is 28.4 Å². The van der Waals surface area contributed by atoms with E-state index in [0.717, 1.165) is 31.6 Å². The number of fused-ring (bicyclic) bond motifs is 1. The van der Waals surface area contributed by atoms with Crippen LogP contribution in [0.1, 0.15) is 17.3 Å². The fourth-order valence-electron chi connectivity index (χ4n) is 3.06. The standard InChI is InChI=1S/C18H23ClN4O/c1-13(23-8-6-22(2)7-9-23)12-21-18(24)16-11-15(19)10-14-4-3-5-20-17(14)16/h3-5,10-11,13H,6-9,12H2,1-2H3,(H,21,24). The van der Waals surface area contributed by atoms with Gasteiger partial charge in [0.1, 0.15) is 0 Å². The molecule has 2 aromatic rings. The lowest BCUT2D eigenvalue weighted by Crippen LogP contribution is -2.51. The number of carbonyl (C=O) groups excluding carboxylic acids is 1. The molecule has 0 radical (unpaired) electrons. The van der Waals surface area contributed by atoms with Gasteiger partial charge in [0.15, 0.2) is 0 Å². The van der Waals surface area contributed by atoms with Crippen molar-refractivity contribution in [3.05, 3.63) is 41.0 Å². The molecule has 1 fully saturated rings. The van der Waals surface area contributed by atoms with Crippen LogP contribution in [0.2, 0.25) is 5.02 Å². The predicted octanol–water partition coefficient (Wildman–Crippen LogP) is 2.25. The van der Waals surface area contributed by atoms with Gasteiger partial charge in [-0.05, 0) is 32.2 Å². The second-order valence-electron chi connectivity index (χ2n) is 6.43. The Hall–Kier alpha value is -1.69. The van der Waals surface area contributed by atoms with Gasteiger partial charge in [0.25, 0.3) is 5.91 Å². The monoisotopic (exact) mass is 346 g/mol. The number of nitrogens with zero attached hydrogens (tertiary/aromatic N) is 3. The zero-order valence-electron chi connectivity index (χ0n) is 14.1. The quantitative estimate of drug-likeness (QED) is 0.922. The Kier molecular flexibility index (Phi) is 5.33. The number of hydrogen-bond donors (Lipinski definition) is 1. The highest BCUT2D eigenvalue weighted by molar-refractivity contribution is 6.32. The Balaban J connectivity index is 1.67. The number of hydrogen-bond acceptors (Lipinski definition) is 4. The van der Waals surface area contributed by atoms with E-state index in [4.69, 9.17) is 11.6 Å². The van der Waals surface area contributed by atoms with Gasteiger partial charge in [-0.15, -0.1) is 0 Å². The van der Waals surface area contributed by atoms with Gasteiger partial charge < -0.3 is 10.2 Å². The van der Waals surface area contributed by atoms with E-state index >= 15 is 0 Å². The molecule has 128 valence electrons. The number of piperazine rings is 1. The van der Waals surface area contributed by atoms with E-state index in [-0.39, 0.29) is 5.91 Å². The number of nitrogens with one attached hydrogen (secondary N) is 1. The second-order valence-corrected chi connectivity index (χ2v) is 6.86. The first-order valence-electron chi connectivity index (χ1n) is 8.29. The molecule has 0 aliphatic carbocycles. The van der Waals surface area contributed by atoms with Crippen LogP contribution in [0.3, 0.4) is 0 Å². The number of aromatic nitrogens is 1. The molecule has 24 heavy (non-hydrogen) atoms. The van der Waals surface area contributed by atoms with Crippen LogP contribution in [0.25, 0.3) is 10.9 Å². The van der Waals surface area contributed by atoms with Crippen molar-refractivity contribution in [1.82, 2.24) is 20.1 Å². The highest BCUT2D eigenvalue weighted by atomic mass is 35.5. The van der Waals surface area contributed by atoms with Crippen LogP contribution in [0, 0.1) is 0 Å². The van der Waals surface area contributed by atoms with Crippen molar-refractivity contribution in [1.29, 1.82) is 0 Å². The second kappa shape index (κ2) is 7.47. The van der Waals surface area contributed by atoms with Crippen molar-refractivity contribution in [2.75, 3.05) is 39.8 Å². The number of likely N-dealkylation sites (N-methyl/N-ethyl adjacent to an activating group) is 1. The van der Waals surface area contributed by atoms with E-state index in [2.05, 4.69) is 34.1 Å². The summed E-state index contributed by atoms with van der Waals surface area (Å²) in [6.07, 6.45) is 1.69. The van der Waals surface area contributed by atoms with Crippen LogP contribution in [-0.2, 0) is 0 Å². The Bertz CT molecular complexity index is 728. The third-order valence-electron chi connectivity index (χ3n) is 4.63. The lowest BCUT2D eigenvalue weighted by molar-refractivity contribution is 0.0905. The zero-order valence-corrected chi connectivity index (χ0v) is 14.9. The van der Waals surface area contributed by atoms with E-state index in [1.807, 2.05) is 18.2 Å². The maximum Gasteiger partial charge on any atom is 0.253 e. The topological polar surface area (TPSA) is 48.5 Å². The first-order chi connectivity index (χ1) is 11.5. The largest absolute Gasteiger partial charge is 0.350 e. The molecule has 3 rings (SSSR count). The van der Waals surface area contributed by atoms with Crippen LogP contribution >= 0.6 is 11.6 Å². The fraction of sp³-hybridized carbons (Fsp3) is 0.444. The summed E-state index contributed by atoms with van der Waals surface area (Å²) in [5.74, 6) is -0.123. The molecule has 5 nitrogen and oxygen atoms in total. The van der Waals surface area contributed by atoms with E-state index < -0.39 is 0 Å². The van der Waals surface area contributed by atoms with Crippen molar-refractivity contribution in [3.8, 4) is 0 Å². The lowest BCUT2D eigenvalue weighted by atomic mass is 10.1. The number of rotatable bonds is 4. The van der Waals surface area contributed by atoms with Gasteiger partial charge in [-0.2, -0.15) is 0 Å². The molecule has 0 bridgehead atoms. The molecule has 1 unspecified atom stereocenters. The molecule has 6 heteroatoms. The molecule has 1 aromatic heterocycles. The molecule has 1 aliphatic rings. The first kappa shape index (κ1) is 17.1. The van der Waals surface area contributed by atoms with E-state index in [9.17, 15) is 4.79 Å². The highest BCUT2D eigenvalue weighted by Gasteiger charge is 2.20. The Morgan fingerprint density at radius 1 is 1.33 bits per heavy atom. The molecule has 1 saturated heterocycles.